The molecule has 3 rings (SSSR count). The maximum absolute atomic E-state index is 13.2. The zero-order valence-corrected chi connectivity index (χ0v) is 20.9. The number of hydrogen-bond acceptors (Lipinski definition) is 4. The fraction of sp³-hybridized carbons (Fsp3) is 0.462. The number of benzene rings is 2. The molecule has 1 atom stereocenters. The minimum atomic E-state index is -3.45. The number of sulfonamides is 1. The summed E-state index contributed by atoms with van der Waals surface area (Å²) in [6, 6.07) is 15.8. The summed E-state index contributed by atoms with van der Waals surface area (Å²) in [5, 5.41) is 2.88. The van der Waals surface area contributed by atoms with Gasteiger partial charge in [0.25, 0.3) is 0 Å². The molecule has 0 bridgehead atoms. The topological polar surface area (TPSA) is 86.8 Å². The Balaban J connectivity index is 1.66. The SMILES string of the molecule is CCCNC(=O)C(C)N(Cc1ccccc1)C(=O)CCc1ccc(S(=O)(=O)N2CCCC2)cc1. The van der Waals surface area contributed by atoms with E-state index in [9.17, 15) is 18.0 Å². The van der Waals surface area contributed by atoms with Gasteiger partial charge in [0.1, 0.15) is 6.04 Å². The first kappa shape index (κ1) is 25.9. The predicted octanol–water partition coefficient (Wildman–Crippen LogP) is 3.35. The molecule has 0 spiro atoms. The maximum Gasteiger partial charge on any atom is 0.243 e. The Morgan fingerprint density at radius 3 is 2.26 bits per heavy atom. The maximum atomic E-state index is 13.2. The van der Waals surface area contributed by atoms with Gasteiger partial charge in [-0.15, -0.1) is 0 Å². The third kappa shape index (κ3) is 6.67. The number of nitrogens with zero attached hydrogens (tertiary/aromatic N) is 2. The third-order valence-corrected chi connectivity index (χ3v) is 8.08. The number of carbonyl (C=O) groups excluding carboxylic acids is 2. The molecule has 2 aromatic rings. The summed E-state index contributed by atoms with van der Waals surface area (Å²) in [4.78, 5) is 27.7. The number of carbonyl (C=O) groups is 2. The van der Waals surface area contributed by atoms with E-state index in [-0.39, 0.29) is 23.1 Å². The molecular formula is C26H35N3O4S. The normalized spacial score (nSPS) is 15.1. The molecule has 1 unspecified atom stereocenters. The highest BCUT2D eigenvalue weighted by Crippen LogP contribution is 2.21. The molecule has 34 heavy (non-hydrogen) atoms. The van der Waals surface area contributed by atoms with Crippen LogP contribution >= 0.6 is 0 Å². The molecule has 0 radical (unpaired) electrons. The summed E-state index contributed by atoms with van der Waals surface area (Å²) in [5.41, 5.74) is 1.85. The number of nitrogens with one attached hydrogen (secondary N) is 1. The van der Waals surface area contributed by atoms with Crippen molar-refractivity contribution < 1.29 is 18.0 Å². The Labute approximate surface area is 203 Å². The lowest BCUT2D eigenvalue weighted by Crippen LogP contribution is -2.47. The molecule has 184 valence electrons. The van der Waals surface area contributed by atoms with Crippen LogP contribution in [0.1, 0.15) is 50.7 Å². The lowest BCUT2D eigenvalue weighted by molar-refractivity contribution is -0.140. The van der Waals surface area contributed by atoms with E-state index in [0.29, 0.717) is 32.6 Å². The van der Waals surface area contributed by atoms with Crippen molar-refractivity contribution in [3.63, 3.8) is 0 Å². The summed E-state index contributed by atoms with van der Waals surface area (Å²) in [6.45, 7) is 5.81. The van der Waals surface area contributed by atoms with Gasteiger partial charge in [0.05, 0.1) is 4.90 Å². The summed E-state index contributed by atoms with van der Waals surface area (Å²) in [6.07, 6.45) is 3.32. The van der Waals surface area contributed by atoms with Crippen LogP contribution < -0.4 is 5.32 Å². The number of aryl methyl sites for hydroxylation is 1. The smallest absolute Gasteiger partial charge is 0.243 e. The van der Waals surface area contributed by atoms with Gasteiger partial charge in [-0.3, -0.25) is 9.59 Å². The Bertz CT molecular complexity index is 1050. The molecule has 1 aliphatic rings. The van der Waals surface area contributed by atoms with Crippen LogP contribution in [-0.4, -0.2) is 55.1 Å². The van der Waals surface area contributed by atoms with Crippen LogP contribution in [0.3, 0.4) is 0 Å². The van der Waals surface area contributed by atoms with Gasteiger partial charge in [0.15, 0.2) is 0 Å². The van der Waals surface area contributed by atoms with Crippen LogP contribution in [-0.2, 0) is 32.6 Å². The molecule has 0 saturated carbocycles. The molecule has 1 fully saturated rings. The molecular weight excluding hydrogens is 450 g/mol. The lowest BCUT2D eigenvalue weighted by atomic mass is 10.1. The van der Waals surface area contributed by atoms with Gasteiger partial charge < -0.3 is 10.2 Å². The van der Waals surface area contributed by atoms with E-state index in [1.165, 1.54) is 4.31 Å². The van der Waals surface area contributed by atoms with Gasteiger partial charge in [-0.05, 0) is 55.9 Å². The quantitative estimate of drug-likeness (QED) is 0.529. The third-order valence-electron chi connectivity index (χ3n) is 6.17. The van der Waals surface area contributed by atoms with Crippen molar-refractivity contribution in [1.29, 1.82) is 0 Å². The van der Waals surface area contributed by atoms with Crippen molar-refractivity contribution in [1.82, 2.24) is 14.5 Å². The standard InChI is InChI=1S/C26H35N3O4S/c1-3-17-27-26(31)21(2)29(20-23-9-5-4-6-10-23)25(30)16-13-22-11-14-24(15-12-22)34(32,33)28-18-7-8-19-28/h4-6,9-12,14-15,21H,3,7-8,13,16-20H2,1-2H3,(H,27,31). The van der Waals surface area contributed by atoms with Crippen molar-refractivity contribution in [2.24, 2.45) is 0 Å². The van der Waals surface area contributed by atoms with Gasteiger partial charge >= 0.3 is 0 Å². The zero-order chi connectivity index (χ0) is 24.6. The first-order chi connectivity index (χ1) is 16.3. The van der Waals surface area contributed by atoms with Crippen LogP contribution in [0.15, 0.2) is 59.5 Å². The van der Waals surface area contributed by atoms with Gasteiger partial charge in [0, 0.05) is 32.6 Å². The second-order valence-corrected chi connectivity index (χ2v) is 10.7. The van der Waals surface area contributed by atoms with Gasteiger partial charge in [0.2, 0.25) is 21.8 Å². The van der Waals surface area contributed by atoms with E-state index >= 15 is 0 Å². The summed E-state index contributed by atoms with van der Waals surface area (Å²) in [5.74, 6) is -0.278. The first-order valence-corrected chi connectivity index (χ1v) is 13.5. The molecule has 1 saturated heterocycles. The number of rotatable bonds is 11. The number of amides is 2. The van der Waals surface area contributed by atoms with Crippen LogP contribution in [0.2, 0.25) is 0 Å². The van der Waals surface area contributed by atoms with E-state index in [1.807, 2.05) is 37.3 Å². The lowest BCUT2D eigenvalue weighted by Gasteiger charge is -2.29. The molecule has 1 heterocycles. The van der Waals surface area contributed by atoms with Crippen LogP contribution in [0.25, 0.3) is 0 Å². The van der Waals surface area contributed by atoms with Crippen molar-refractivity contribution in [3.05, 3.63) is 65.7 Å². The average Bonchev–Trinajstić information content (AvgIpc) is 3.41. The predicted molar refractivity (Wildman–Crippen MR) is 133 cm³/mol. The summed E-state index contributed by atoms with van der Waals surface area (Å²) < 4.78 is 27.0. The zero-order valence-electron chi connectivity index (χ0n) is 20.1. The molecule has 0 aromatic heterocycles. The first-order valence-electron chi connectivity index (χ1n) is 12.0. The van der Waals surface area contributed by atoms with E-state index in [4.69, 9.17) is 0 Å². The Morgan fingerprint density at radius 2 is 1.65 bits per heavy atom. The van der Waals surface area contributed by atoms with E-state index in [1.54, 1.807) is 36.1 Å². The minimum Gasteiger partial charge on any atom is -0.354 e. The highest BCUT2D eigenvalue weighted by atomic mass is 32.2. The largest absolute Gasteiger partial charge is 0.354 e. The minimum absolute atomic E-state index is 0.114. The Hall–Kier alpha value is -2.71. The second-order valence-electron chi connectivity index (χ2n) is 8.73. The van der Waals surface area contributed by atoms with Crippen molar-refractivity contribution >= 4 is 21.8 Å². The molecule has 1 N–H and O–H groups in total. The molecule has 0 aliphatic carbocycles. The van der Waals surface area contributed by atoms with Crippen molar-refractivity contribution in [3.8, 4) is 0 Å². The van der Waals surface area contributed by atoms with Crippen LogP contribution in [0.4, 0.5) is 0 Å². The van der Waals surface area contributed by atoms with E-state index in [0.717, 1.165) is 30.4 Å². The van der Waals surface area contributed by atoms with Crippen LogP contribution in [0, 0.1) is 0 Å². The van der Waals surface area contributed by atoms with Gasteiger partial charge in [-0.25, -0.2) is 8.42 Å². The van der Waals surface area contributed by atoms with Crippen molar-refractivity contribution in [2.45, 2.75) is 63.4 Å². The fourth-order valence-corrected chi connectivity index (χ4v) is 5.58. The summed E-state index contributed by atoms with van der Waals surface area (Å²) >= 11 is 0. The van der Waals surface area contributed by atoms with Gasteiger partial charge in [-0.1, -0.05) is 49.4 Å². The molecule has 7 nitrogen and oxygen atoms in total. The van der Waals surface area contributed by atoms with E-state index < -0.39 is 16.1 Å². The molecule has 2 aromatic carbocycles. The average molecular weight is 486 g/mol. The van der Waals surface area contributed by atoms with E-state index in [2.05, 4.69) is 5.32 Å². The molecule has 8 heteroatoms. The molecule has 2 amide bonds. The Morgan fingerprint density at radius 1 is 1.00 bits per heavy atom. The second kappa shape index (κ2) is 12.1. The van der Waals surface area contributed by atoms with Crippen molar-refractivity contribution in [2.75, 3.05) is 19.6 Å². The monoisotopic (exact) mass is 485 g/mol. The van der Waals surface area contributed by atoms with Crippen LogP contribution in [0.5, 0.6) is 0 Å². The van der Waals surface area contributed by atoms with Gasteiger partial charge in [-0.2, -0.15) is 4.31 Å². The highest BCUT2D eigenvalue weighted by molar-refractivity contribution is 7.89. The molecule has 1 aliphatic heterocycles. The highest BCUT2D eigenvalue weighted by Gasteiger charge is 2.28. The Kier molecular flexibility index (Phi) is 9.24. The fourth-order valence-electron chi connectivity index (χ4n) is 4.06. The number of hydrogen-bond donors (Lipinski definition) is 1. The summed E-state index contributed by atoms with van der Waals surface area (Å²) in [7, 11) is -3.45.